The van der Waals surface area contributed by atoms with Gasteiger partial charge in [0, 0.05) is 6.04 Å². The lowest BCUT2D eigenvalue weighted by Crippen LogP contribution is -2.35. The molecule has 0 spiro atoms. The molecule has 1 rings (SSSR count). The number of ether oxygens (including phenoxy) is 1. The second-order valence-electron chi connectivity index (χ2n) is 4.19. The van der Waals surface area contributed by atoms with Gasteiger partial charge in [-0.25, -0.2) is 0 Å². The monoisotopic (exact) mass is 245 g/mol. The summed E-state index contributed by atoms with van der Waals surface area (Å²) in [6, 6.07) is 0.397. The van der Waals surface area contributed by atoms with Crippen molar-refractivity contribution in [1.82, 2.24) is 4.90 Å². The predicted octanol–water partition coefficient (Wildman–Crippen LogP) is 2.16. The number of hydrogen-bond acceptors (Lipinski definition) is 4. The molecule has 3 nitrogen and oxygen atoms in total. The first kappa shape index (κ1) is 13.8. The summed E-state index contributed by atoms with van der Waals surface area (Å²) in [5.74, 6) is 1.08. The summed E-state index contributed by atoms with van der Waals surface area (Å²) in [6.45, 7) is 4.66. The molecule has 0 radical (unpaired) electrons. The molecule has 0 aromatic heterocycles. The van der Waals surface area contributed by atoms with Gasteiger partial charge in [0.1, 0.15) is 0 Å². The molecule has 0 bridgehead atoms. The van der Waals surface area contributed by atoms with Crippen molar-refractivity contribution in [2.45, 2.75) is 38.6 Å². The molecule has 1 aliphatic heterocycles. The Labute approximate surface area is 103 Å². The SMILES string of the molecule is CCOC(=O)CC(CCSC)N1CCCC1. The summed E-state index contributed by atoms with van der Waals surface area (Å²) >= 11 is 1.85. The van der Waals surface area contributed by atoms with Crippen LogP contribution in [-0.4, -0.2) is 48.6 Å². The lowest BCUT2D eigenvalue weighted by atomic mass is 10.1. The van der Waals surface area contributed by atoms with Crippen molar-refractivity contribution in [3.05, 3.63) is 0 Å². The minimum atomic E-state index is -0.0412. The molecular weight excluding hydrogens is 222 g/mol. The molecule has 0 amide bonds. The quantitative estimate of drug-likeness (QED) is 0.643. The number of carbonyl (C=O) groups excluding carboxylic acids is 1. The second kappa shape index (κ2) is 7.96. The summed E-state index contributed by atoms with van der Waals surface area (Å²) < 4.78 is 5.04. The van der Waals surface area contributed by atoms with Crippen molar-refractivity contribution in [2.24, 2.45) is 0 Å². The smallest absolute Gasteiger partial charge is 0.307 e. The third-order valence-corrected chi connectivity index (χ3v) is 3.66. The Morgan fingerprint density at radius 1 is 1.44 bits per heavy atom. The number of rotatable bonds is 7. The van der Waals surface area contributed by atoms with E-state index in [4.69, 9.17) is 4.74 Å². The van der Waals surface area contributed by atoms with Gasteiger partial charge in [0.05, 0.1) is 13.0 Å². The number of esters is 1. The molecule has 94 valence electrons. The Bertz CT molecular complexity index is 205. The number of likely N-dealkylation sites (tertiary alicyclic amines) is 1. The fourth-order valence-corrected chi connectivity index (χ4v) is 2.69. The van der Waals surface area contributed by atoms with Crippen molar-refractivity contribution in [1.29, 1.82) is 0 Å². The topological polar surface area (TPSA) is 29.5 Å². The van der Waals surface area contributed by atoms with Gasteiger partial charge in [-0.2, -0.15) is 11.8 Å². The van der Waals surface area contributed by atoms with Crippen LogP contribution in [0.5, 0.6) is 0 Å². The molecule has 0 N–H and O–H groups in total. The molecule has 16 heavy (non-hydrogen) atoms. The highest BCUT2D eigenvalue weighted by molar-refractivity contribution is 7.98. The van der Waals surface area contributed by atoms with E-state index in [1.807, 2.05) is 18.7 Å². The molecule has 4 heteroatoms. The van der Waals surface area contributed by atoms with Crippen LogP contribution in [0.25, 0.3) is 0 Å². The Morgan fingerprint density at radius 3 is 2.69 bits per heavy atom. The number of thioether (sulfide) groups is 1. The average Bonchev–Trinajstić information content (AvgIpc) is 2.77. The van der Waals surface area contributed by atoms with Gasteiger partial charge in [-0.1, -0.05) is 0 Å². The lowest BCUT2D eigenvalue weighted by molar-refractivity contribution is -0.144. The predicted molar refractivity (Wildman–Crippen MR) is 68.8 cm³/mol. The van der Waals surface area contributed by atoms with Crippen LogP contribution in [0.4, 0.5) is 0 Å². The molecular formula is C12H23NO2S. The van der Waals surface area contributed by atoms with Gasteiger partial charge in [-0.05, 0) is 51.3 Å². The van der Waals surface area contributed by atoms with Crippen LogP contribution in [-0.2, 0) is 9.53 Å². The van der Waals surface area contributed by atoms with Crippen molar-refractivity contribution >= 4 is 17.7 Å². The standard InChI is InChI=1S/C12H23NO2S/c1-3-15-12(14)10-11(6-9-16-2)13-7-4-5-8-13/h11H,3-10H2,1-2H3. The van der Waals surface area contributed by atoms with E-state index < -0.39 is 0 Å². The van der Waals surface area contributed by atoms with Crippen molar-refractivity contribution in [2.75, 3.05) is 31.7 Å². The van der Waals surface area contributed by atoms with E-state index in [0.717, 1.165) is 25.3 Å². The van der Waals surface area contributed by atoms with Crippen LogP contribution >= 0.6 is 11.8 Å². The van der Waals surface area contributed by atoms with Gasteiger partial charge in [0.2, 0.25) is 0 Å². The summed E-state index contributed by atoms with van der Waals surface area (Å²) in [5.41, 5.74) is 0. The van der Waals surface area contributed by atoms with E-state index in [1.165, 1.54) is 12.8 Å². The lowest BCUT2D eigenvalue weighted by Gasteiger charge is -2.26. The summed E-state index contributed by atoms with van der Waals surface area (Å²) in [5, 5.41) is 0. The Morgan fingerprint density at radius 2 is 2.12 bits per heavy atom. The molecule has 1 fully saturated rings. The molecule has 1 atom stereocenters. The maximum Gasteiger partial charge on any atom is 0.307 e. The molecule has 1 saturated heterocycles. The molecule has 0 aliphatic carbocycles. The Balaban J connectivity index is 2.39. The van der Waals surface area contributed by atoms with Crippen molar-refractivity contribution in [3.8, 4) is 0 Å². The molecule has 1 unspecified atom stereocenters. The highest BCUT2D eigenvalue weighted by Gasteiger charge is 2.24. The van der Waals surface area contributed by atoms with Gasteiger partial charge in [-0.15, -0.1) is 0 Å². The van der Waals surface area contributed by atoms with Gasteiger partial charge < -0.3 is 4.74 Å². The van der Waals surface area contributed by atoms with Gasteiger partial charge in [-0.3, -0.25) is 9.69 Å². The highest BCUT2D eigenvalue weighted by atomic mass is 32.2. The van der Waals surface area contributed by atoms with E-state index in [-0.39, 0.29) is 5.97 Å². The first-order chi connectivity index (χ1) is 7.77. The number of carbonyl (C=O) groups is 1. The molecule has 0 aromatic carbocycles. The maximum absolute atomic E-state index is 11.5. The minimum Gasteiger partial charge on any atom is -0.466 e. The van der Waals surface area contributed by atoms with Gasteiger partial charge >= 0.3 is 5.97 Å². The minimum absolute atomic E-state index is 0.0412. The van der Waals surface area contributed by atoms with Crippen LogP contribution in [0.1, 0.15) is 32.6 Å². The zero-order valence-electron chi connectivity index (χ0n) is 10.4. The average molecular weight is 245 g/mol. The van der Waals surface area contributed by atoms with Crippen LogP contribution in [0.3, 0.4) is 0 Å². The second-order valence-corrected chi connectivity index (χ2v) is 5.17. The largest absolute Gasteiger partial charge is 0.466 e. The van der Waals surface area contributed by atoms with E-state index >= 15 is 0 Å². The van der Waals surface area contributed by atoms with Gasteiger partial charge in [0.25, 0.3) is 0 Å². The van der Waals surface area contributed by atoms with Crippen LogP contribution in [0.15, 0.2) is 0 Å². The normalized spacial score (nSPS) is 18.6. The first-order valence-corrected chi connectivity index (χ1v) is 7.56. The highest BCUT2D eigenvalue weighted by Crippen LogP contribution is 2.18. The van der Waals surface area contributed by atoms with Crippen LogP contribution in [0, 0.1) is 0 Å². The third-order valence-electron chi connectivity index (χ3n) is 3.02. The Kier molecular flexibility index (Phi) is 6.88. The van der Waals surface area contributed by atoms with Crippen molar-refractivity contribution < 1.29 is 9.53 Å². The number of nitrogens with zero attached hydrogens (tertiary/aromatic N) is 1. The van der Waals surface area contributed by atoms with E-state index in [0.29, 0.717) is 19.1 Å². The van der Waals surface area contributed by atoms with Crippen LogP contribution in [0.2, 0.25) is 0 Å². The number of hydrogen-bond donors (Lipinski definition) is 0. The molecule has 0 aromatic rings. The third kappa shape index (κ3) is 4.74. The van der Waals surface area contributed by atoms with E-state index in [9.17, 15) is 4.79 Å². The summed E-state index contributed by atoms with van der Waals surface area (Å²) in [7, 11) is 0. The molecule has 1 aliphatic rings. The fourth-order valence-electron chi connectivity index (χ4n) is 2.19. The van der Waals surface area contributed by atoms with Crippen molar-refractivity contribution in [3.63, 3.8) is 0 Å². The molecule has 0 saturated carbocycles. The summed E-state index contributed by atoms with van der Waals surface area (Å²) in [6.07, 6.45) is 6.33. The maximum atomic E-state index is 11.5. The zero-order valence-corrected chi connectivity index (χ0v) is 11.2. The van der Waals surface area contributed by atoms with E-state index in [1.54, 1.807) is 0 Å². The first-order valence-electron chi connectivity index (χ1n) is 6.16. The molecule has 1 heterocycles. The van der Waals surface area contributed by atoms with Gasteiger partial charge in [0.15, 0.2) is 0 Å². The van der Waals surface area contributed by atoms with E-state index in [2.05, 4.69) is 11.2 Å². The zero-order chi connectivity index (χ0) is 11.8. The fraction of sp³-hybridized carbons (Fsp3) is 0.917. The Hall–Kier alpha value is -0.220. The van der Waals surface area contributed by atoms with Crippen LogP contribution < -0.4 is 0 Å². The summed E-state index contributed by atoms with van der Waals surface area (Å²) in [4.78, 5) is 14.0.